The average molecular weight is 466 g/mol. The number of likely N-dealkylation sites (N-methyl/N-ethyl adjacent to an activating group) is 1. The normalized spacial score (nSPS) is 18.7. The summed E-state index contributed by atoms with van der Waals surface area (Å²) in [6.45, 7) is 6.11. The van der Waals surface area contributed by atoms with Gasteiger partial charge >= 0.3 is 0 Å². The fourth-order valence-corrected chi connectivity index (χ4v) is 5.87. The molecule has 9 nitrogen and oxygen atoms in total. The number of piperidine rings is 1. The molecule has 3 rings (SSSR count). The van der Waals surface area contributed by atoms with Crippen LogP contribution < -0.4 is 15.1 Å². The zero-order valence-corrected chi connectivity index (χ0v) is 20.3. The second kappa shape index (κ2) is 10.2. The summed E-state index contributed by atoms with van der Waals surface area (Å²) in [7, 11) is 0.159. The maximum Gasteiger partial charge on any atom is 0.250 e. The summed E-state index contributed by atoms with van der Waals surface area (Å²) in [5.74, 6) is -0.398. The van der Waals surface area contributed by atoms with Gasteiger partial charge in [-0.1, -0.05) is 13.8 Å². The molecule has 1 saturated heterocycles. The molecular formula is C22H35N5O4S. The molecule has 0 aliphatic carbocycles. The highest BCUT2D eigenvalue weighted by atomic mass is 32.2. The lowest BCUT2D eigenvalue weighted by atomic mass is 9.96. The molecule has 1 aromatic carbocycles. The van der Waals surface area contributed by atoms with E-state index >= 15 is 0 Å². The molecule has 10 heteroatoms. The number of sulfonamides is 1. The summed E-state index contributed by atoms with van der Waals surface area (Å²) in [5, 5.41) is 2.85. The molecule has 0 aromatic heterocycles. The van der Waals surface area contributed by atoms with Gasteiger partial charge in [0.15, 0.2) is 0 Å². The number of hydrogen-bond donors (Lipinski definition) is 1. The van der Waals surface area contributed by atoms with E-state index in [1.165, 1.54) is 9.21 Å². The minimum atomic E-state index is -3.69. The number of nitrogens with one attached hydrogen (secondary N) is 1. The monoisotopic (exact) mass is 465 g/mol. The van der Waals surface area contributed by atoms with E-state index < -0.39 is 10.0 Å². The molecule has 2 heterocycles. The van der Waals surface area contributed by atoms with Crippen LogP contribution in [-0.4, -0.2) is 88.8 Å². The molecule has 0 radical (unpaired) electrons. The molecule has 1 aromatic rings. The van der Waals surface area contributed by atoms with Crippen LogP contribution >= 0.6 is 0 Å². The maximum atomic E-state index is 13.4. The Kier molecular flexibility index (Phi) is 7.79. The Bertz CT molecular complexity index is 946. The van der Waals surface area contributed by atoms with Crippen molar-refractivity contribution in [3.05, 3.63) is 18.2 Å². The highest BCUT2D eigenvalue weighted by Crippen LogP contribution is 2.40. The summed E-state index contributed by atoms with van der Waals surface area (Å²) in [6, 6.07) is 4.64. The summed E-state index contributed by atoms with van der Waals surface area (Å²) in [5.41, 5.74) is 1.30. The molecule has 1 N–H and O–H groups in total. The van der Waals surface area contributed by atoms with Crippen molar-refractivity contribution in [2.24, 2.45) is 0 Å². The van der Waals surface area contributed by atoms with E-state index in [0.29, 0.717) is 31.9 Å². The van der Waals surface area contributed by atoms with Gasteiger partial charge < -0.3 is 15.1 Å². The van der Waals surface area contributed by atoms with Crippen molar-refractivity contribution < 1.29 is 18.0 Å². The lowest BCUT2D eigenvalue weighted by Gasteiger charge is -2.45. The first-order chi connectivity index (χ1) is 15.2. The number of benzene rings is 1. The molecular weight excluding hydrogens is 430 g/mol. The van der Waals surface area contributed by atoms with Gasteiger partial charge in [-0.3, -0.25) is 14.5 Å². The van der Waals surface area contributed by atoms with Crippen molar-refractivity contribution in [1.29, 1.82) is 0 Å². The van der Waals surface area contributed by atoms with E-state index in [9.17, 15) is 18.0 Å². The van der Waals surface area contributed by atoms with Gasteiger partial charge in [-0.2, -0.15) is 4.31 Å². The molecule has 0 bridgehead atoms. The first kappa shape index (κ1) is 24.5. The van der Waals surface area contributed by atoms with Crippen molar-refractivity contribution in [1.82, 2.24) is 14.5 Å². The quantitative estimate of drug-likeness (QED) is 0.587. The topological polar surface area (TPSA) is 93.3 Å². The largest absolute Gasteiger partial charge is 0.358 e. The van der Waals surface area contributed by atoms with Gasteiger partial charge in [0, 0.05) is 32.7 Å². The van der Waals surface area contributed by atoms with Crippen LogP contribution in [0.15, 0.2) is 23.1 Å². The van der Waals surface area contributed by atoms with E-state index in [1.807, 2.05) is 19.0 Å². The van der Waals surface area contributed by atoms with Gasteiger partial charge in [-0.15, -0.1) is 0 Å². The van der Waals surface area contributed by atoms with Crippen molar-refractivity contribution in [2.75, 3.05) is 63.2 Å². The number of rotatable bonds is 9. The highest BCUT2D eigenvalue weighted by Gasteiger charge is 2.40. The molecule has 2 aliphatic rings. The third-order valence-electron chi connectivity index (χ3n) is 6.13. The first-order valence-corrected chi connectivity index (χ1v) is 12.8. The van der Waals surface area contributed by atoms with Crippen molar-refractivity contribution in [3.63, 3.8) is 0 Å². The summed E-state index contributed by atoms with van der Waals surface area (Å²) in [4.78, 5) is 31.6. The molecule has 0 spiro atoms. The number of anilines is 2. The van der Waals surface area contributed by atoms with Crippen molar-refractivity contribution in [3.8, 4) is 0 Å². The Morgan fingerprint density at radius 1 is 1.16 bits per heavy atom. The number of amides is 2. The van der Waals surface area contributed by atoms with Crippen LogP contribution in [0.2, 0.25) is 0 Å². The zero-order valence-electron chi connectivity index (χ0n) is 19.5. The molecule has 2 amide bonds. The Morgan fingerprint density at radius 2 is 1.88 bits per heavy atom. The van der Waals surface area contributed by atoms with Crippen molar-refractivity contribution in [2.45, 2.75) is 44.0 Å². The number of carbonyl (C=O) groups excluding carboxylic acids is 2. The number of hydrogen-bond acceptors (Lipinski definition) is 6. The lowest BCUT2D eigenvalue weighted by Crippen LogP contribution is -2.57. The lowest BCUT2D eigenvalue weighted by molar-refractivity contribution is -0.125. The molecule has 32 heavy (non-hydrogen) atoms. The van der Waals surface area contributed by atoms with Crippen LogP contribution in [-0.2, 0) is 19.6 Å². The van der Waals surface area contributed by atoms with Gasteiger partial charge in [0.25, 0.3) is 0 Å². The Balaban J connectivity index is 1.97. The van der Waals surface area contributed by atoms with E-state index in [2.05, 4.69) is 10.2 Å². The SMILES string of the molecule is CCN(CC)S(=O)(=O)c1ccc2c(c1)N(CC(=O)NCCN(C)C)C(=O)[C@H]1CCCCN21. The predicted octanol–water partition coefficient (Wildman–Crippen LogP) is 1.10. The average Bonchev–Trinajstić information content (AvgIpc) is 2.76. The van der Waals surface area contributed by atoms with Crippen LogP contribution in [0.4, 0.5) is 11.4 Å². The van der Waals surface area contributed by atoms with E-state index in [-0.39, 0.29) is 29.3 Å². The number of nitrogens with zero attached hydrogens (tertiary/aromatic N) is 4. The summed E-state index contributed by atoms with van der Waals surface area (Å²) in [6.07, 6.45) is 2.67. The third-order valence-corrected chi connectivity index (χ3v) is 8.17. The molecule has 1 fully saturated rings. The number of carbonyl (C=O) groups is 2. The molecule has 2 aliphatic heterocycles. The Morgan fingerprint density at radius 3 is 2.53 bits per heavy atom. The van der Waals surface area contributed by atoms with Gasteiger partial charge in [0.1, 0.15) is 12.6 Å². The van der Waals surface area contributed by atoms with Crippen LogP contribution in [0.3, 0.4) is 0 Å². The zero-order chi connectivity index (χ0) is 23.5. The van der Waals surface area contributed by atoms with Crippen LogP contribution in [0.5, 0.6) is 0 Å². The second-order valence-corrected chi connectivity index (χ2v) is 10.5. The fourth-order valence-electron chi connectivity index (χ4n) is 4.39. The highest BCUT2D eigenvalue weighted by molar-refractivity contribution is 7.89. The molecule has 0 saturated carbocycles. The minimum Gasteiger partial charge on any atom is -0.358 e. The van der Waals surface area contributed by atoms with E-state index in [4.69, 9.17) is 0 Å². The Hall–Kier alpha value is -2.17. The standard InChI is InChI=1S/C22H35N5O4S/c1-5-25(6-2)32(30,31)17-10-11-18-20(15-17)27(16-21(28)23-12-14-24(3)4)22(29)19-9-7-8-13-26(18)19/h10-11,15,19H,5-9,12-14,16H2,1-4H3,(H,23,28)/t19-/m1/s1. The summed E-state index contributed by atoms with van der Waals surface area (Å²) < 4.78 is 27.6. The van der Waals surface area contributed by atoms with Crippen LogP contribution in [0, 0.1) is 0 Å². The van der Waals surface area contributed by atoms with Gasteiger partial charge in [0.2, 0.25) is 21.8 Å². The van der Waals surface area contributed by atoms with Gasteiger partial charge in [-0.05, 0) is 51.6 Å². The van der Waals surface area contributed by atoms with Crippen LogP contribution in [0.1, 0.15) is 33.1 Å². The molecule has 0 unspecified atom stereocenters. The van der Waals surface area contributed by atoms with Gasteiger partial charge in [0.05, 0.1) is 16.3 Å². The van der Waals surface area contributed by atoms with E-state index in [1.54, 1.807) is 32.0 Å². The van der Waals surface area contributed by atoms with Crippen molar-refractivity contribution >= 4 is 33.2 Å². The van der Waals surface area contributed by atoms with Gasteiger partial charge in [-0.25, -0.2) is 8.42 Å². The predicted molar refractivity (Wildman–Crippen MR) is 125 cm³/mol. The minimum absolute atomic E-state index is 0.127. The molecule has 178 valence electrons. The third kappa shape index (κ3) is 4.92. The fraction of sp³-hybridized carbons (Fsp3) is 0.636. The second-order valence-electron chi connectivity index (χ2n) is 8.52. The molecule has 1 atom stereocenters. The number of fused-ring (bicyclic) bond motifs is 3. The first-order valence-electron chi connectivity index (χ1n) is 11.3. The maximum absolute atomic E-state index is 13.4. The van der Waals surface area contributed by atoms with Crippen LogP contribution in [0.25, 0.3) is 0 Å². The Labute approximate surface area is 191 Å². The summed E-state index contributed by atoms with van der Waals surface area (Å²) >= 11 is 0. The smallest absolute Gasteiger partial charge is 0.250 e. The van der Waals surface area contributed by atoms with E-state index in [0.717, 1.165) is 31.5 Å².